The minimum absolute atomic E-state index is 1.43. The van der Waals surface area contributed by atoms with Crippen LogP contribution >= 0.6 is 0 Å². The summed E-state index contributed by atoms with van der Waals surface area (Å²) in [7, 11) is 0. The van der Waals surface area contributed by atoms with Gasteiger partial charge in [-0.2, -0.15) is 0 Å². The Morgan fingerprint density at radius 1 is 1.00 bits per heavy atom. The molecule has 54 valence electrons. The van der Waals surface area contributed by atoms with Crippen LogP contribution in [0.3, 0.4) is 0 Å². The molecule has 0 N–H and O–H groups in total. The maximum Gasteiger partial charge on any atom is -0.0440 e. The van der Waals surface area contributed by atoms with Crippen LogP contribution in [-0.2, 0) is 0 Å². The first-order valence-electron chi connectivity index (χ1n) is 3.24. The first-order chi connectivity index (χ1) is 4.06. The second kappa shape index (κ2) is 7.48. The van der Waals surface area contributed by atoms with Crippen LogP contribution in [0.4, 0.5) is 0 Å². The summed E-state index contributed by atoms with van der Waals surface area (Å²) in [5.41, 5.74) is 2.85. The topological polar surface area (TPSA) is 0 Å². The summed E-state index contributed by atoms with van der Waals surface area (Å²) in [6.45, 7) is 13.7. The minimum Gasteiger partial charge on any atom is -0.103 e. The highest BCUT2D eigenvalue weighted by Crippen LogP contribution is 1.96. The van der Waals surface area contributed by atoms with Gasteiger partial charge in [-0.3, -0.25) is 0 Å². The third-order valence-electron chi connectivity index (χ3n) is 1.00. The van der Waals surface area contributed by atoms with Gasteiger partial charge in [-0.25, -0.2) is 0 Å². The Bertz CT molecular complexity index is 78.6. The maximum absolute atomic E-state index is 3.36. The highest BCUT2D eigenvalue weighted by Gasteiger charge is 1.75. The van der Waals surface area contributed by atoms with Crippen LogP contribution in [0.15, 0.2) is 23.8 Å². The van der Waals surface area contributed by atoms with Crippen LogP contribution in [0.5, 0.6) is 0 Å². The summed E-state index contributed by atoms with van der Waals surface area (Å²) in [6.07, 6.45) is 1.75. The second-order valence-electron chi connectivity index (χ2n) is 2.41. The average molecular weight is 126 g/mol. The molecule has 0 aliphatic carbocycles. The van der Waals surface area contributed by atoms with Crippen molar-refractivity contribution < 1.29 is 0 Å². The molecule has 0 aliphatic rings. The summed E-state index contributed by atoms with van der Waals surface area (Å²) in [6, 6.07) is 0. The average Bonchev–Trinajstić information content (AvgIpc) is 1.68. The molecule has 0 aromatic rings. The summed E-state index contributed by atoms with van der Waals surface area (Å²) >= 11 is 0. The fraction of sp³-hybridized carbons (Fsp3) is 0.556. The molecule has 0 heteroatoms. The minimum atomic E-state index is 1.43. The van der Waals surface area contributed by atoms with Crippen LogP contribution in [0.1, 0.15) is 34.6 Å². The predicted octanol–water partition coefficient (Wildman–Crippen LogP) is 3.55. The molecular formula is C9H18. The zero-order valence-corrected chi connectivity index (χ0v) is 7.28. The lowest BCUT2D eigenvalue weighted by Crippen LogP contribution is -1.66. The normalized spacial score (nSPS) is 6.78. The van der Waals surface area contributed by atoms with Gasteiger partial charge in [0.05, 0.1) is 0 Å². The van der Waals surface area contributed by atoms with Gasteiger partial charge in [0.25, 0.3) is 0 Å². The first kappa shape index (κ1) is 11.3. The summed E-state index contributed by atoms with van der Waals surface area (Å²) in [4.78, 5) is 0. The Kier molecular flexibility index (Phi) is 9.39. The van der Waals surface area contributed by atoms with Gasteiger partial charge < -0.3 is 0 Å². The Morgan fingerprint density at radius 3 is 1.11 bits per heavy atom. The Hall–Kier alpha value is -0.520. The molecule has 0 rings (SSSR count). The van der Waals surface area contributed by atoms with Gasteiger partial charge in [0.2, 0.25) is 0 Å². The number of hydrogen-bond acceptors (Lipinski definition) is 0. The number of rotatable bonds is 0. The third kappa shape index (κ3) is 18.5. The van der Waals surface area contributed by atoms with E-state index in [4.69, 9.17) is 0 Å². The zero-order chi connectivity index (χ0) is 7.86. The van der Waals surface area contributed by atoms with Crippen molar-refractivity contribution in [3.8, 4) is 0 Å². The summed E-state index contributed by atoms with van der Waals surface area (Å²) in [5, 5.41) is 0. The molecule has 0 aromatic heterocycles. The van der Waals surface area contributed by atoms with Gasteiger partial charge >= 0.3 is 0 Å². The Balaban J connectivity index is 0. The van der Waals surface area contributed by atoms with E-state index < -0.39 is 0 Å². The predicted molar refractivity (Wildman–Crippen MR) is 45.6 cm³/mol. The van der Waals surface area contributed by atoms with E-state index in [-0.39, 0.29) is 0 Å². The van der Waals surface area contributed by atoms with Crippen molar-refractivity contribution in [2.75, 3.05) is 0 Å². The van der Waals surface area contributed by atoms with Gasteiger partial charge in [0.15, 0.2) is 0 Å². The third-order valence-corrected chi connectivity index (χ3v) is 1.00. The fourth-order valence-electron chi connectivity index (χ4n) is 0. The summed E-state index contributed by atoms with van der Waals surface area (Å²) < 4.78 is 0. The molecule has 0 nitrogen and oxygen atoms in total. The van der Waals surface area contributed by atoms with E-state index >= 15 is 0 Å². The van der Waals surface area contributed by atoms with Crippen molar-refractivity contribution in [2.45, 2.75) is 34.6 Å². The van der Waals surface area contributed by atoms with Crippen molar-refractivity contribution in [3.63, 3.8) is 0 Å². The highest BCUT2D eigenvalue weighted by atomic mass is 13.8. The SMILES string of the molecule is C=CC.CC(C)=C(C)C. The maximum atomic E-state index is 3.36. The fourth-order valence-corrected chi connectivity index (χ4v) is 0. The van der Waals surface area contributed by atoms with Gasteiger partial charge in [0, 0.05) is 0 Å². The van der Waals surface area contributed by atoms with Gasteiger partial charge in [-0.1, -0.05) is 17.2 Å². The quantitative estimate of drug-likeness (QED) is 0.435. The number of allylic oxidation sites excluding steroid dienone is 3. The van der Waals surface area contributed by atoms with Crippen molar-refractivity contribution in [1.82, 2.24) is 0 Å². The van der Waals surface area contributed by atoms with Crippen molar-refractivity contribution in [2.24, 2.45) is 0 Å². The van der Waals surface area contributed by atoms with Gasteiger partial charge in [-0.15, -0.1) is 6.58 Å². The molecular weight excluding hydrogens is 108 g/mol. The first-order valence-corrected chi connectivity index (χ1v) is 3.24. The lowest BCUT2D eigenvalue weighted by atomic mass is 10.2. The largest absolute Gasteiger partial charge is 0.103 e. The summed E-state index contributed by atoms with van der Waals surface area (Å²) in [5.74, 6) is 0. The molecule has 0 spiro atoms. The molecule has 0 aromatic carbocycles. The molecule has 0 saturated carbocycles. The van der Waals surface area contributed by atoms with E-state index in [0.717, 1.165) is 0 Å². The van der Waals surface area contributed by atoms with Gasteiger partial charge in [-0.05, 0) is 34.6 Å². The van der Waals surface area contributed by atoms with E-state index in [2.05, 4.69) is 34.3 Å². The van der Waals surface area contributed by atoms with Gasteiger partial charge in [0.1, 0.15) is 0 Å². The molecule has 0 aliphatic heterocycles. The van der Waals surface area contributed by atoms with Crippen molar-refractivity contribution in [3.05, 3.63) is 23.8 Å². The Labute approximate surface area is 59.3 Å². The molecule has 0 atom stereocenters. The van der Waals surface area contributed by atoms with Crippen LogP contribution in [0, 0.1) is 0 Å². The molecule has 0 radical (unpaired) electrons. The van der Waals surface area contributed by atoms with Crippen molar-refractivity contribution in [1.29, 1.82) is 0 Å². The molecule has 0 heterocycles. The molecule has 0 bridgehead atoms. The van der Waals surface area contributed by atoms with E-state index in [9.17, 15) is 0 Å². The lowest BCUT2D eigenvalue weighted by Gasteiger charge is -1.88. The van der Waals surface area contributed by atoms with Crippen LogP contribution < -0.4 is 0 Å². The van der Waals surface area contributed by atoms with E-state index in [1.165, 1.54) is 11.1 Å². The lowest BCUT2D eigenvalue weighted by molar-refractivity contribution is 1.23. The number of hydrogen-bond donors (Lipinski definition) is 0. The molecule has 0 saturated heterocycles. The molecule has 0 fully saturated rings. The molecule has 0 unspecified atom stereocenters. The van der Waals surface area contributed by atoms with E-state index in [0.29, 0.717) is 0 Å². The molecule has 0 amide bonds. The van der Waals surface area contributed by atoms with Crippen LogP contribution in [0.2, 0.25) is 0 Å². The van der Waals surface area contributed by atoms with E-state index in [1.807, 2.05) is 6.92 Å². The smallest absolute Gasteiger partial charge is 0.0440 e. The monoisotopic (exact) mass is 126 g/mol. The van der Waals surface area contributed by atoms with Crippen LogP contribution in [0.25, 0.3) is 0 Å². The van der Waals surface area contributed by atoms with E-state index in [1.54, 1.807) is 6.08 Å². The van der Waals surface area contributed by atoms with Crippen LogP contribution in [-0.4, -0.2) is 0 Å². The Morgan fingerprint density at radius 2 is 1.11 bits per heavy atom. The highest BCUT2D eigenvalue weighted by molar-refractivity contribution is 5.02. The molecule has 9 heavy (non-hydrogen) atoms. The zero-order valence-electron chi connectivity index (χ0n) is 7.28. The second-order valence-corrected chi connectivity index (χ2v) is 2.41. The standard InChI is InChI=1S/C6H12.C3H6/c1-5(2)6(3)4;1-3-2/h1-4H3;3H,1H2,2H3. The van der Waals surface area contributed by atoms with Crippen molar-refractivity contribution >= 4 is 0 Å².